The van der Waals surface area contributed by atoms with Gasteiger partial charge in [0.25, 0.3) is 6.92 Å². The largest absolute Gasteiger partial charge is 0.438 e. The van der Waals surface area contributed by atoms with Gasteiger partial charge < -0.3 is 4.65 Å². The summed E-state index contributed by atoms with van der Waals surface area (Å²) in [5.74, 6) is 1.75. The van der Waals surface area contributed by atoms with E-state index in [-0.39, 0.29) is 0 Å². The van der Waals surface area contributed by atoms with E-state index >= 15 is 0 Å². The lowest BCUT2D eigenvalue weighted by Crippen LogP contribution is -2.31. The van der Waals surface area contributed by atoms with E-state index in [1.165, 1.54) is 25.5 Å². The number of hydrogen-bond acceptors (Lipinski definition) is 1. The van der Waals surface area contributed by atoms with Gasteiger partial charge in [0.05, 0.1) is 0 Å². The monoisotopic (exact) mass is 150 g/mol. The first kappa shape index (κ1) is 7.42. The van der Waals surface area contributed by atoms with Crippen LogP contribution in [0.3, 0.4) is 0 Å². The van der Waals surface area contributed by atoms with Crippen LogP contribution in [0.5, 0.6) is 0 Å². The zero-order valence-electron chi connectivity index (χ0n) is 7.12. The van der Waals surface area contributed by atoms with Gasteiger partial charge in [-0.05, 0) is 37.3 Å². The summed E-state index contributed by atoms with van der Waals surface area (Å²) in [5.41, 5.74) is 0. The fourth-order valence-electron chi connectivity index (χ4n) is 2.43. The molecule has 1 aliphatic carbocycles. The van der Waals surface area contributed by atoms with E-state index in [4.69, 9.17) is 4.65 Å². The van der Waals surface area contributed by atoms with Crippen LogP contribution in [-0.4, -0.2) is 14.0 Å². The molecule has 2 heteroatoms. The fourth-order valence-corrected chi connectivity index (χ4v) is 2.43. The van der Waals surface area contributed by atoms with Crippen molar-refractivity contribution in [3.63, 3.8) is 0 Å². The van der Waals surface area contributed by atoms with Crippen LogP contribution in [0.15, 0.2) is 12.2 Å². The van der Waals surface area contributed by atoms with Crippen molar-refractivity contribution >= 4 is 6.92 Å². The summed E-state index contributed by atoms with van der Waals surface area (Å²) in [6.45, 7) is 0.545. The molecular formula is C9H15BO. The van der Waals surface area contributed by atoms with Gasteiger partial charge in [0.2, 0.25) is 0 Å². The lowest BCUT2D eigenvalue weighted by molar-refractivity contribution is 0.346. The predicted octanol–water partition coefficient (Wildman–Crippen LogP) is 2.22. The van der Waals surface area contributed by atoms with Crippen LogP contribution < -0.4 is 0 Å². The Balaban J connectivity index is 2.02. The lowest BCUT2D eigenvalue weighted by atomic mass is 9.48. The molecule has 60 valence electrons. The summed E-state index contributed by atoms with van der Waals surface area (Å²) in [7, 11) is 1.84. The first-order chi connectivity index (χ1) is 5.38. The minimum absolute atomic E-state index is 0.545. The topological polar surface area (TPSA) is 9.23 Å². The molecule has 0 saturated carbocycles. The van der Waals surface area contributed by atoms with Crippen molar-refractivity contribution in [2.45, 2.75) is 25.5 Å². The SMILES string of the molecule is COB1C[C@H]2C=CC[C@H](C1)C2. The van der Waals surface area contributed by atoms with Crippen molar-refractivity contribution in [3.05, 3.63) is 12.2 Å². The number of allylic oxidation sites excluding steroid dienone is 2. The van der Waals surface area contributed by atoms with Gasteiger partial charge >= 0.3 is 0 Å². The quantitative estimate of drug-likeness (QED) is 0.411. The smallest absolute Gasteiger partial charge is 0.293 e. The van der Waals surface area contributed by atoms with Crippen LogP contribution in [0.1, 0.15) is 12.8 Å². The van der Waals surface area contributed by atoms with Gasteiger partial charge in [-0.15, -0.1) is 0 Å². The Bertz CT molecular complexity index is 167. The van der Waals surface area contributed by atoms with Crippen LogP contribution in [0.2, 0.25) is 12.6 Å². The van der Waals surface area contributed by atoms with Crippen molar-refractivity contribution in [1.82, 2.24) is 0 Å². The maximum absolute atomic E-state index is 5.39. The van der Waals surface area contributed by atoms with E-state index in [9.17, 15) is 0 Å². The van der Waals surface area contributed by atoms with Gasteiger partial charge in [-0.25, -0.2) is 0 Å². The van der Waals surface area contributed by atoms with Gasteiger partial charge in [0, 0.05) is 7.11 Å². The molecule has 0 unspecified atom stereocenters. The highest BCUT2D eigenvalue weighted by molar-refractivity contribution is 6.52. The number of fused-ring (bicyclic) bond motifs is 2. The average Bonchev–Trinajstić information content (AvgIpc) is 2.03. The lowest BCUT2D eigenvalue weighted by Gasteiger charge is -2.33. The van der Waals surface area contributed by atoms with E-state index in [2.05, 4.69) is 12.2 Å². The van der Waals surface area contributed by atoms with Crippen LogP contribution in [-0.2, 0) is 4.65 Å². The summed E-state index contributed by atoms with van der Waals surface area (Å²) in [6.07, 6.45) is 9.97. The van der Waals surface area contributed by atoms with Gasteiger partial charge in [-0.3, -0.25) is 0 Å². The molecule has 11 heavy (non-hydrogen) atoms. The van der Waals surface area contributed by atoms with Crippen LogP contribution in [0.25, 0.3) is 0 Å². The molecule has 2 aliphatic rings. The third-order valence-electron chi connectivity index (χ3n) is 3.01. The molecule has 0 aromatic carbocycles. The summed E-state index contributed by atoms with van der Waals surface area (Å²) in [5, 5.41) is 0. The van der Waals surface area contributed by atoms with E-state index in [1.54, 1.807) is 0 Å². The molecular weight excluding hydrogens is 135 g/mol. The molecule has 0 spiro atoms. The molecule has 1 saturated heterocycles. The van der Waals surface area contributed by atoms with Crippen molar-refractivity contribution in [2.75, 3.05) is 7.11 Å². The second kappa shape index (κ2) is 3.02. The highest BCUT2D eigenvalue weighted by Crippen LogP contribution is 2.36. The molecule has 0 amide bonds. The Hall–Kier alpha value is -0.235. The second-order valence-corrected chi connectivity index (χ2v) is 3.85. The zero-order valence-corrected chi connectivity index (χ0v) is 7.12. The molecule has 0 aromatic rings. The Morgan fingerprint density at radius 1 is 1.45 bits per heavy atom. The second-order valence-electron chi connectivity index (χ2n) is 3.85. The highest BCUT2D eigenvalue weighted by Gasteiger charge is 2.31. The van der Waals surface area contributed by atoms with Crippen molar-refractivity contribution in [2.24, 2.45) is 11.8 Å². The predicted molar refractivity (Wildman–Crippen MR) is 47.7 cm³/mol. The van der Waals surface area contributed by atoms with Crippen LogP contribution in [0, 0.1) is 11.8 Å². The Labute approximate surface area is 68.9 Å². The summed E-state index contributed by atoms with van der Waals surface area (Å²) >= 11 is 0. The van der Waals surface area contributed by atoms with Crippen molar-refractivity contribution < 1.29 is 4.65 Å². The Morgan fingerprint density at radius 3 is 3.09 bits per heavy atom. The molecule has 2 bridgehead atoms. The first-order valence-corrected chi connectivity index (χ1v) is 4.58. The molecule has 1 aliphatic heterocycles. The third kappa shape index (κ3) is 1.51. The summed E-state index contributed by atoms with van der Waals surface area (Å²) < 4.78 is 5.39. The minimum Gasteiger partial charge on any atom is -0.438 e. The van der Waals surface area contributed by atoms with E-state index in [1.807, 2.05) is 7.11 Å². The molecule has 1 fully saturated rings. The van der Waals surface area contributed by atoms with Crippen LogP contribution in [0.4, 0.5) is 0 Å². The molecule has 1 nitrogen and oxygen atoms in total. The van der Waals surface area contributed by atoms with E-state index < -0.39 is 0 Å². The zero-order chi connectivity index (χ0) is 7.68. The van der Waals surface area contributed by atoms with Gasteiger partial charge in [-0.1, -0.05) is 12.2 Å². The first-order valence-electron chi connectivity index (χ1n) is 4.58. The molecule has 2 rings (SSSR count). The standard InChI is InChI=1S/C9H15BO/c1-11-10-6-8-3-2-4-9(5-8)7-10/h2-3,8-9H,4-7H2,1H3/t8-,9-/m0/s1. The van der Waals surface area contributed by atoms with Crippen LogP contribution >= 0.6 is 0 Å². The van der Waals surface area contributed by atoms with E-state index in [0.717, 1.165) is 11.8 Å². The molecule has 0 aromatic heterocycles. The summed E-state index contributed by atoms with van der Waals surface area (Å²) in [6, 6.07) is 0. The molecule has 0 radical (unpaired) electrons. The average molecular weight is 150 g/mol. The third-order valence-corrected chi connectivity index (χ3v) is 3.01. The maximum atomic E-state index is 5.39. The molecule has 1 heterocycles. The van der Waals surface area contributed by atoms with Crippen molar-refractivity contribution in [1.29, 1.82) is 0 Å². The number of hydrogen-bond donors (Lipinski definition) is 0. The summed E-state index contributed by atoms with van der Waals surface area (Å²) in [4.78, 5) is 0. The van der Waals surface area contributed by atoms with E-state index in [0.29, 0.717) is 6.92 Å². The maximum Gasteiger partial charge on any atom is 0.293 e. The van der Waals surface area contributed by atoms with Crippen molar-refractivity contribution in [3.8, 4) is 0 Å². The normalized spacial score (nSPS) is 35.9. The number of rotatable bonds is 1. The Kier molecular flexibility index (Phi) is 2.03. The Morgan fingerprint density at radius 2 is 2.36 bits per heavy atom. The minimum atomic E-state index is 0.545. The molecule has 0 N–H and O–H groups in total. The van der Waals surface area contributed by atoms with Gasteiger partial charge in [0.15, 0.2) is 0 Å². The highest BCUT2D eigenvalue weighted by atomic mass is 16.4. The van der Waals surface area contributed by atoms with Gasteiger partial charge in [-0.2, -0.15) is 0 Å². The fraction of sp³-hybridized carbons (Fsp3) is 0.778. The molecule has 2 atom stereocenters. The van der Waals surface area contributed by atoms with Gasteiger partial charge in [0.1, 0.15) is 0 Å².